The third kappa shape index (κ3) is 7.92. The van der Waals surface area contributed by atoms with Crippen LogP contribution in [0.1, 0.15) is 18.4 Å². The van der Waals surface area contributed by atoms with Gasteiger partial charge >= 0.3 is 0 Å². The highest BCUT2D eigenvalue weighted by Gasteiger charge is 2.22. The molecule has 0 saturated carbocycles. The molecule has 1 atom stereocenters. The van der Waals surface area contributed by atoms with Gasteiger partial charge in [0.15, 0.2) is 26.8 Å². The number of nitrogens with zero attached hydrogens (tertiary/aromatic N) is 3. The van der Waals surface area contributed by atoms with E-state index in [0.29, 0.717) is 59.5 Å². The van der Waals surface area contributed by atoms with E-state index in [1.807, 2.05) is 19.2 Å². The van der Waals surface area contributed by atoms with Gasteiger partial charge in [-0.2, -0.15) is 0 Å². The van der Waals surface area contributed by atoms with Gasteiger partial charge in [-0.25, -0.2) is 18.4 Å². The van der Waals surface area contributed by atoms with E-state index in [4.69, 9.17) is 14.3 Å². The number of hydrogen-bond donors (Lipinski definition) is 3. The van der Waals surface area contributed by atoms with E-state index in [0.717, 1.165) is 13.1 Å². The monoisotopic (exact) mass is 576 g/mol. The maximum absolute atomic E-state index is 13.3. The number of oxime groups is 1. The molecule has 3 aromatic rings. The van der Waals surface area contributed by atoms with Gasteiger partial charge in [-0.05, 0) is 37.7 Å². The number of nitrogens with one attached hydrogen (secondary N) is 3. The molecule has 1 amide bonds. The standard InChI is InChI=1S/C25H32N6O6S2/c1-26-11-12-27-21-9-8-20-24(29-21)38-25(28-20)30-23(32)22(31-37-18-10-14-36-16-18)17-4-6-19(7-5-17)39(33,34)15-3-13-35-2/h4-9,18,26H,3,10-16H2,1-2H3,(H,27,29)(H,28,30,32)/b31-22+/t18-/m1/s1. The molecule has 1 fully saturated rings. The van der Waals surface area contributed by atoms with E-state index in [-0.39, 0.29) is 22.5 Å². The number of carbonyl (C=O) groups excluding carboxylic acids is 1. The molecule has 210 valence electrons. The van der Waals surface area contributed by atoms with Gasteiger partial charge in [0, 0.05) is 38.8 Å². The largest absolute Gasteiger partial charge is 0.389 e. The maximum atomic E-state index is 13.3. The van der Waals surface area contributed by atoms with Crippen LogP contribution in [0.25, 0.3) is 10.3 Å². The fraction of sp³-hybridized carbons (Fsp3) is 0.440. The number of benzene rings is 1. The van der Waals surface area contributed by atoms with E-state index < -0.39 is 15.7 Å². The molecule has 1 aliphatic rings. The number of sulfone groups is 1. The van der Waals surface area contributed by atoms with Crippen LogP contribution in [0.3, 0.4) is 0 Å². The molecule has 0 unspecified atom stereocenters. The molecule has 3 heterocycles. The quantitative estimate of drug-likeness (QED) is 0.148. The first-order valence-electron chi connectivity index (χ1n) is 12.5. The summed E-state index contributed by atoms with van der Waals surface area (Å²) in [5.41, 5.74) is 1.04. The first-order chi connectivity index (χ1) is 18.9. The van der Waals surface area contributed by atoms with Gasteiger partial charge in [0.05, 0.1) is 23.9 Å². The Bertz CT molecular complexity index is 1390. The van der Waals surface area contributed by atoms with Crippen molar-refractivity contribution in [2.45, 2.75) is 23.8 Å². The van der Waals surface area contributed by atoms with Crippen molar-refractivity contribution in [3.63, 3.8) is 0 Å². The summed E-state index contributed by atoms with van der Waals surface area (Å²) >= 11 is 1.24. The van der Waals surface area contributed by atoms with Gasteiger partial charge < -0.3 is 24.9 Å². The van der Waals surface area contributed by atoms with E-state index in [2.05, 4.69) is 31.1 Å². The zero-order valence-electron chi connectivity index (χ0n) is 21.8. The Balaban J connectivity index is 1.53. The van der Waals surface area contributed by atoms with Crippen LogP contribution in [-0.4, -0.2) is 88.9 Å². The zero-order chi connectivity index (χ0) is 27.7. The van der Waals surface area contributed by atoms with Crippen molar-refractivity contribution in [2.24, 2.45) is 5.16 Å². The van der Waals surface area contributed by atoms with Crippen LogP contribution in [-0.2, 0) is 28.9 Å². The minimum absolute atomic E-state index is 0.00753. The summed E-state index contributed by atoms with van der Waals surface area (Å²) in [6.07, 6.45) is 0.775. The van der Waals surface area contributed by atoms with Crippen LogP contribution in [0.15, 0.2) is 46.4 Å². The Morgan fingerprint density at radius 2 is 2.00 bits per heavy atom. The normalized spacial score (nSPS) is 15.9. The van der Waals surface area contributed by atoms with Gasteiger partial charge in [-0.3, -0.25) is 10.1 Å². The molecule has 2 aromatic heterocycles. The summed E-state index contributed by atoms with van der Waals surface area (Å²) in [6, 6.07) is 9.67. The number of methoxy groups -OCH3 is 1. The fourth-order valence-electron chi connectivity index (χ4n) is 3.72. The van der Waals surface area contributed by atoms with Crippen molar-refractivity contribution < 1.29 is 27.5 Å². The summed E-state index contributed by atoms with van der Waals surface area (Å²) in [5.74, 6) is 0.132. The molecule has 3 N–H and O–H groups in total. The van der Waals surface area contributed by atoms with E-state index >= 15 is 0 Å². The number of rotatable bonds is 14. The van der Waals surface area contributed by atoms with Crippen LogP contribution in [0.2, 0.25) is 0 Å². The molecule has 0 spiro atoms. The molecular weight excluding hydrogens is 544 g/mol. The molecular formula is C25H32N6O6S2. The van der Waals surface area contributed by atoms with E-state index in [1.54, 1.807) is 12.1 Å². The molecule has 0 bridgehead atoms. The van der Waals surface area contributed by atoms with E-state index in [9.17, 15) is 13.2 Å². The Labute approximate surface area is 231 Å². The number of fused-ring (bicyclic) bond motifs is 1. The van der Waals surface area contributed by atoms with Crippen molar-refractivity contribution in [1.29, 1.82) is 0 Å². The number of likely N-dealkylation sites (N-methyl/N-ethyl adjacent to an activating group) is 1. The van der Waals surface area contributed by atoms with Gasteiger partial charge in [0.2, 0.25) is 0 Å². The van der Waals surface area contributed by atoms with Crippen molar-refractivity contribution in [2.75, 3.05) is 63.5 Å². The molecule has 1 aromatic carbocycles. The molecule has 12 nitrogen and oxygen atoms in total. The minimum Gasteiger partial charge on any atom is -0.389 e. The summed E-state index contributed by atoms with van der Waals surface area (Å²) in [5, 5.41) is 13.6. The average molecular weight is 577 g/mol. The highest BCUT2D eigenvalue weighted by Crippen LogP contribution is 2.26. The number of carbonyl (C=O) groups is 1. The third-order valence-corrected chi connectivity index (χ3v) is 8.50. The first kappa shape index (κ1) is 28.8. The zero-order valence-corrected chi connectivity index (χ0v) is 23.4. The first-order valence-corrected chi connectivity index (χ1v) is 15.0. The van der Waals surface area contributed by atoms with Crippen molar-refractivity contribution in [3.8, 4) is 0 Å². The molecule has 0 aliphatic carbocycles. The number of pyridine rings is 1. The second-order valence-corrected chi connectivity index (χ2v) is 11.8. The number of hydrogen-bond acceptors (Lipinski definition) is 12. The van der Waals surface area contributed by atoms with Gasteiger partial charge in [-0.15, -0.1) is 0 Å². The third-order valence-electron chi connectivity index (χ3n) is 5.80. The van der Waals surface area contributed by atoms with Crippen LogP contribution in [0.4, 0.5) is 10.9 Å². The minimum atomic E-state index is -3.49. The maximum Gasteiger partial charge on any atom is 0.280 e. The average Bonchev–Trinajstić information content (AvgIpc) is 3.59. The van der Waals surface area contributed by atoms with Gasteiger partial charge in [0.1, 0.15) is 16.2 Å². The molecule has 4 rings (SSSR count). The predicted molar refractivity (Wildman–Crippen MR) is 150 cm³/mol. The second-order valence-electron chi connectivity index (χ2n) is 8.74. The molecule has 14 heteroatoms. The Morgan fingerprint density at radius 1 is 1.18 bits per heavy atom. The number of aromatic nitrogens is 2. The lowest BCUT2D eigenvalue weighted by Gasteiger charge is -2.10. The van der Waals surface area contributed by atoms with Crippen LogP contribution in [0, 0.1) is 0 Å². The Morgan fingerprint density at radius 3 is 2.72 bits per heavy atom. The summed E-state index contributed by atoms with van der Waals surface area (Å²) in [7, 11) is -0.0842. The smallest absolute Gasteiger partial charge is 0.280 e. The number of ether oxygens (including phenoxy) is 2. The van der Waals surface area contributed by atoms with Crippen LogP contribution in [0.5, 0.6) is 0 Å². The second kappa shape index (κ2) is 13.8. The lowest BCUT2D eigenvalue weighted by Crippen LogP contribution is -2.25. The highest BCUT2D eigenvalue weighted by atomic mass is 32.2. The summed E-state index contributed by atoms with van der Waals surface area (Å²) < 4.78 is 35.5. The Kier molecular flexibility index (Phi) is 10.2. The van der Waals surface area contributed by atoms with Crippen molar-refractivity contribution >= 4 is 54.1 Å². The highest BCUT2D eigenvalue weighted by molar-refractivity contribution is 7.91. The molecule has 0 radical (unpaired) electrons. The van der Waals surface area contributed by atoms with Crippen molar-refractivity contribution in [1.82, 2.24) is 15.3 Å². The topological polar surface area (TPSA) is 153 Å². The summed E-state index contributed by atoms with van der Waals surface area (Å²) in [6.45, 7) is 2.80. The lowest BCUT2D eigenvalue weighted by atomic mass is 10.1. The fourth-order valence-corrected chi connectivity index (χ4v) is 5.84. The summed E-state index contributed by atoms with van der Waals surface area (Å²) in [4.78, 5) is 28.8. The SMILES string of the molecule is CNCCNc1ccc2nc(NC(=O)/C(=N/O[C@@H]3CCOC3)c3ccc(S(=O)(=O)CCCOC)cc3)sc2n1. The number of anilines is 2. The number of amides is 1. The molecule has 1 saturated heterocycles. The van der Waals surface area contributed by atoms with Crippen LogP contribution >= 0.6 is 11.3 Å². The van der Waals surface area contributed by atoms with E-state index in [1.165, 1.54) is 30.6 Å². The molecule has 1 aliphatic heterocycles. The van der Waals surface area contributed by atoms with Crippen LogP contribution < -0.4 is 16.0 Å². The van der Waals surface area contributed by atoms with Gasteiger partial charge in [0.25, 0.3) is 5.91 Å². The Hall–Kier alpha value is -3.17. The van der Waals surface area contributed by atoms with Gasteiger partial charge in [-0.1, -0.05) is 28.6 Å². The predicted octanol–water partition coefficient (Wildman–Crippen LogP) is 2.28. The molecule has 39 heavy (non-hydrogen) atoms. The number of thiazole rings is 1. The van der Waals surface area contributed by atoms with Crippen molar-refractivity contribution in [3.05, 3.63) is 42.0 Å². The lowest BCUT2D eigenvalue weighted by molar-refractivity contribution is -0.110.